The monoisotopic (exact) mass is 161 g/mol. The third-order valence-corrected chi connectivity index (χ3v) is 0. The smallest absolute Gasteiger partial charge is 0.134 e. The van der Waals surface area contributed by atoms with Gasteiger partial charge in [-0.1, -0.05) is 0 Å². The molecule has 0 saturated heterocycles. The van der Waals surface area contributed by atoms with Crippen LogP contribution in [0.25, 0.3) is 0 Å². The summed E-state index contributed by atoms with van der Waals surface area (Å²) in [6.07, 6.45) is 0. The molecule has 0 heterocycles. The Bertz CT molecular complexity index is 29.9. The highest BCUT2D eigenvalue weighted by molar-refractivity contribution is 8.93. The summed E-state index contributed by atoms with van der Waals surface area (Å²) in [5.41, 5.74) is 0. The maximum Gasteiger partial charge on any atom is 0.692 e. The van der Waals surface area contributed by atoms with Gasteiger partial charge in [0, 0.05) is 4.57 Å². The van der Waals surface area contributed by atoms with Gasteiger partial charge in [-0.2, -0.15) is 0 Å². The molecular weight excluding hydrogens is 159 g/mol. The lowest BCUT2D eigenvalue weighted by atomic mass is 15.8. The Morgan fingerprint density at radius 3 is 1.40 bits per heavy atom. The lowest BCUT2D eigenvalue weighted by Crippen LogP contribution is -1.38. The van der Waals surface area contributed by atoms with Crippen LogP contribution < -0.4 is 0 Å². The van der Waals surface area contributed by atoms with Crippen LogP contribution in [0.5, 0.6) is 0 Å². The average molecular weight is 162 g/mol. The van der Waals surface area contributed by atoms with E-state index in [0.717, 1.165) is 0 Å². The van der Waals surface area contributed by atoms with Crippen molar-refractivity contribution in [1.82, 2.24) is 0 Å². The van der Waals surface area contributed by atoms with Gasteiger partial charge in [-0.15, -0.1) is 26.8 Å². The van der Waals surface area contributed by atoms with E-state index in [1.54, 1.807) is 0 Å². The van der Waals surface area contributed by atoms with E-state index in [9.17, 15) is 0 Å². The SMILES string of the molecule is Br.O=[P+](O)O. The predicted molar refractivity (Wildman–Crippen MR) is 22.4 cm³/mol. The molecule has 5 heteroatoms. The molecule has 32 valence electrons. The number of halogens is 1. The van der Waals surface area contributed by atoms with Crippen LogP contribution in [0.15, 0.2) is 0 Å². The van der Waals surface area contributed by atoms with Crippen LogP contribution in [0.3, 0.4) is 0 Å². The Labute approximate surface area is 40.4 Å². The summed E-state index contributed by atoms with van der Waals surface area (Å²) in [5, 5.41) is 0. The van der Waals surface area contributed by atoms with Gasteiger partial charge in [0.1, 0.15) is 0 Å². The van der Waals surface area contributed by atoms with Crippen molar-refractivity contribution < 1.29 is 14.4 Å². The molecule has 0 aromatic heterocycles. The molecule has 0 spiro atoms. The minimum absolute atomic E-state index is 0. The van der Waals surface area contributed by atoms with E-state index in [-0.39, 0.29) is 17.0 Å². The molecular formula is H3BrO3P+. The standard InChI is InChI=1S/BrH.HO3P/c;1-4(2)3/h1H;(H-,1,2,3)/p+1. The molecule has 0 aromatic rings. The molecule has 0 aliphatic rings. The fourth-order valence-corrected chi connectivity index (χ4v) is 0. The summed E-state index contributed by atoms with van der Waals surface area (Å²) in [5.74, 6) is 0. The average Bonchev–Trinajstić information content (AvgIpc) is 0.811. The largest absolute Gasteiger partial charge is 0.692 e. The molecule has 0 fully saturated rings. The highest BCUT2D eigenvalue weighted by atomic mass is 79.9. The molecule has 0 unspecified atom stereocenters. The van der Waals surface area contributed by atoms with Crippen molar-refractivity contribution in [2.75, 3.05) is 0 Å². The van der Waals surface area contributed by atoms with Gasteiger partial charge in [0.05, 0.1) is 0 Å². The lowest BCUT2D eigenvalue weighted by molar-refractivity contribution is 0.405. The molecule has 3 nitrogen and oxygen atoms in total. The second-order valence-electron chi connectivity index (χ2n) is 0.253. The van der Waals surface area contributed by atoms with Gasteiger partial charge in [0.2, 0.25) is 0 Å². The topological polar surface area (TPSA) is 57.5 Å². The van der Waals surface area contributed by atoms with Crippen LogP contribution in [0, 0.1) is 0 Å². The third-order valence-electron chi connectivity index (χ3n) is 0. The van der Waals surface area contributed by atoms with E-state index in [1.807, 2.05) is 0 Å². The quantitative estimate of drug-likeness (QED) is 0.500. The fraction of sp³-hybridized carbons (Fsp3) is 0. The Kier molecular flexibility index (Phi) is 8.18. The Morgan fingerprint density at radius 2 is 1.40 bits per heavy atom. The Morgan fingerprint density at radius 1 is 1.40 bits per heavy atom. The molecule has 0 atom stereocenters. The number of hydrogen-bond donors (Lipinski definition) is 2. The first-order valence-electron chi connectivity index (χ1n) is 0.583. The van der Waals surface area contributed by atoms with Crippen LogP contribution in [0.2, 0.25) is 0 Å². The van der Waals surface area contributed by atoms with Crippen molar-refractivity contribution in [3.63, 3.8) is 0 Å². The second-order valence-corrected chi connectivity index (χ2v) is 0.758. The highest BCUT2D eigenvalue weighted by Crippen LogP contribution is 1.98. The summed E-state index contributed by atoms with van der Waals surface area (Å²) in [6.45, 7) is 0. The summed E-state index contributed by atoms with van der Waals surface area (Å²) in [6, 6.07) is 0. The van der Waals surface area contributed by atoms with Gasteiger partial charge >= 0.3 is 8.25 Å². The third kappa shape index (κ3) is 113. The number of hydrogen-bond acceptors (Lipinski definition) is 1. The molecule has 2 N–H and O–H groups in total. The maximum absolute atomic E-state index is 8.70. The Hall–Kier alpha value is 0.500. The zero-order valence-electron chi connectivity index (χ0n) is 2.16. The molecule has 5 heavy (non-hydrogen) atoms. The molecule has 0 bridgehead atoms. The van der Waals surface area contributed by atoms with Crippen molar-refractivity contribution in [1.29, 1.82) is 0 Å². The van der Waals surface area contributed by atoms with Crippen molar-refractivity contribution in [3.05, 3.63) is 0 Å². The van der Waals surface area contributed by atoms with Crippen LogP contribution in [0.1, 0.15) is 0 Å². The predicted octanol–water partition coefficient (Wildman–Crippen LogP) is 0.206. The normalized spacial score (nSPS) is 5.20. The van der Waals surface area contributed by atoms with Crippen LogP contribution in [-0.2, 0) is 4.57 Å². The first-order valence-corrected chi connectivity index (χ1v) is 1.75. The zero-order chi connectivity index (χ0) is 3.58. The summed E-state index contributed by atoms with van der Waals surface area (Å²) >= 11 is 0. The molecule has 0 radical (unpaired) electrons. The molecule has 0 aliphatic carbocycles. The van der Waals surface area contributed by atoms with Gasteiger partial charge < -0.3 is 0 Å². The zero-order valence-corrected chi connectivity index (χ0v) is 4.77. The minimum atomic E-state index is -2.87. The van der Waals surface area contributed by atoms with Crippen LogP contribution >= 0.6 is 25.2 Å². The van der Waals surface area contributed by atoms with Gasteiger partial charge in [-0.25, -0.2) is 0 Å². The fourth-order valence-electron chi connectivity index (χ4n) is 0. The first kappa shape index (κ1) is 9.09. The maximum atomic E-state index is 8.70. The van der Waals surface area contributed by atoms with E-state index in [1.165, 1.54) is 0 Å². The van der Waals surface area contributed by atoms with Gasteiger partial charge in [0.15, 0.2) is 0 Å². The summed E-state index contributed by atoms with van der Waals surface area (Å²) in [7, 11) is -2.87. The van der Waals surface area contributed by atoms with Gasteiger partial charge in [0.25, 0.3) is 0 Å². The minimum Gasteiger partial charge on any atom is -0.134 e. The van der Waals surface area contributed by atoms with E-state index in [0.29, 0.717) is 0 Å². The molecule has 0 amide bonds. The summed E-state index contributed by atoms with van der Waals surface area (Å²) < 4.78 is 8.70. The van der Waals surface area contributed by atoms with E-state index >= 15 is 0 Å². The first-order chi connectivity index (χ1) is 1.73. The number of rotatable bonds is 0. The van der Waals surface area contributed by atoms with E-state index < -0.39 is 8.25 Å². The van der Waals surface area contributed by atoms with Gasteiger partial charge in [-0.3, -0.25) is 0 Å². The van der Waals surface area contributed by atoms with Gasteiger partial charge in [-0.05, 0) is 0 Å². The molecule has 0 rings (SSSR count). The summed E-state index contributed by atoms with van der Waals surface area (Å²) in [4.78, 5) is 14.2. The van der Waals surface area contributed by atoms with Crippen molar-refractivity contribution in [2.45, 2.75) is 0 Å². The van der Waals surface area contributed by atoms with Crippen molar-refractivity contribution in [3.8, 4) is 0 Å². The second kappa shape index (κ2) is 4.50. The molecule has 0 saturated carbocycles. The Balaban J connectivity index is 0. The van der Waals surface area contributed by atoms with Crippen LogP contribution in [0.4, 0.5) is 0 Å². The van der Waals surface area contributed by atoms with E-state index in [2.05, 4.69) is 0 Å². The van der Waals surface area contributed by atoms with Crippen LogP contribution in [-0.4, -0.2) is 9.79 Å². The molecule has 0 aromatic carbocycles. The lowest BCUT2D eigenvalue weighted by Gasteiger charge is -1.34. The highest BCUT2D eigenvalue weighted by Gasteiger charge is 1.93. The van der Waals surface area contributed by atoms with Crippen molar-refractivity contribution >= 4 is 25.2 Å². The van der Waals surface area contributed by atoms with E-state index in [4.69, 9.17) is 14.4 Å². The van der Waals surface area contributed by atoms with Crippen molar-refractivity contribution in [2.24, 2.45) is 0 Å². The molecule has 0 aliphatic heterocycles.